The number of hydrogen-bond donors (Lipinski definition) is 1. The summed E-state index contributed by atoms with van der Waals surface area (Å²) in [5.41, 5.74) is 6.56. The number of piperidine rings is 1. The van der Waals surface area contributed by atoms with E-state index in [0.717, 1.165) is 24.9 Å². The molecular formula is C18H27N3O2. The Hall–Kier alpha value is -1.88. The van der Waals surface area contributed by atoms with E-state index in [9.17, 15) is 9.59 Å². The standard InChI is InChI=1S/C18H27N3O2/c1-3-20(12-15-8-5-4-6-9-15)18(23)14(2)21-11-7-10-16(13-21)17(19)22/h4-6,8-9,14,16H,3,7,10-13H2,1-2H3,(H2,19,22)/t14-,16+/m1/s1. The van der Waals surface area contributed by atoms with Gasteiger partial charge in [0.1, 0.15) is 0 Å². The SMILES string of the molecule is CCN(Cc1ccccc1)C(=O)[C@@H](C)N1CCC[C@H](C(N)=O)C1. The number of nitrogens with two attached hydrogens (primary N) is 1. The van der Waals surface area contributed by atoms with Crippen LogP contribution in [0.4, 0.5) is 0 Å². The van der Waals surface area contributed by atoms with E-state index < -0.39 is 0 Å². The van der Waals surface area contributed by atoms with Gasteiger partial charge in [-0.3, -0.25) is 14.5 Å². The van der Waals surface area contributed by atoms with Crippen LogP contribution in [0.25, 0.3) is 0 Å². The molecule has 1 aliphatic rings. The molecule has 5 nitrogen and oxygen atoms in total. The second-order valence-corrected chi connectivity index (χ2v) is 6.25. The Balaban J connectivity index is 2.00. The van der Waals surface area contributed by atoms with E-state index >= 15 is 0 Å². The van der Waals surface area contributed by atoms with E-state index in [1.54, 1.807) is 0 Å². The molecule has 1 saturated heterocycles. The molecule has 2 amide bonds. The molecule has 0 bridgehead atoms. The lowest BCUT2D eigenvalue weighted by atomic mass is 9.96. The van der Waals surface area contributed by atoms with E-state index in [0.29, 0.717) is 19.6 Å². The maximum absolute atomic E-state index is 12.8. The Morgan fingerprint density at radius 2 is 2.04 bits per heavy atom. The smallest absolute Gasteiger partial charge is 0.239 e. The molecule has 1 aromatic rings. The van der Waals surface area contributed by atoms with Crippen molar-refractivity contribution in [2.75, 3.05) is 19.6 Å². The molecule has 2 N–H and O–H groups in total. The second-order valence-electron chi connectivity index (χ2n) is 6.25. The highest BCUT2D eigenvalue weighted by Crippen LogP contribution is 2.19. The van der Waals surface area contributed by atoms with Crippen LogP contribution in [0, 0.1) is 5.92 Å². The van der Waals surface area contributed by atoms with Crippen molar-refractivity contribution in [1.82, 2.24) is 9.80 Å². The molecule has 0 spiro atoms. The minimum atomic E-state index is -0.258. The lowest BCUT2D eigenvalue weighted by molar-refractivity contribution is -0.138. The topological polar surface area (TPSA) is 66.6 Å². The Bertz CT molecular complexity index is 532. The van der Waals surface area contributed by atoms with Crippen LogP contribution < -0.4 is 5.73 Å². The first-order chi connectivity index (χ1) is 11.0. The predicted molar refractivity (Wildman–Crippen MR) is 90.5 cm³/mol. The zero-order valence-electron chi connectivity index (χ0n) is 14.1. The van der Waals surface area contributed by atoms with Crippen molar-refractivity contribution in [3.63, 3.8) is 0 Å². The monoisotopic (exact) mass is 317 g/mol. The van der Waals surface area contributed by atoms with Gasteiger partial charge in [0.05, 0.1) is 12.0 Å². The van der Waals surface area contributed by atoms with Crippen molar-refractivity contribution in [1.29, 1.82) is 0 Å². The number of amides is 2. The van der Waals surface area contributed by atoms with Crippen LogP contribution in [0.3, 0.4) is 0 Å². The van der Waals surface area contributed by atoms with Crippen LogP contribution in [0.1, 0.15) is 32.3 Å². The molecule has 0 aromatic heterocycles. The molecule has 2 rings (SSSR count). The molecular weight excluding hydrogens is 290 g/mol. The molecule has 2 atom stereocenters. The second kappa shape index (κ2) is 8.11. The molecule has 23 heavy (non-hydrogen) atoms. The minimum Gasteiger partial charge on any atom is -0.369 e. The Morgan fingerprint density at radius 1 is 1.35 bits per heavy atom. The Labute approximate surface area is 138 Å². The van der Waals surface area contributed by atoms with Crippen molar-refractivity contribution < 1.29 is 9.59 Å². The average Bonchev–Trinajstić information content (AvgIpc) is 2.59. The van der Waals surface area contributed by atoms with E-state index in [-0.39, 0.29) is 23.8 Å². The van der Waals surface area contributed by atoms with Crippen LogP contribution >= 0.6 is 0 Å². The number of hydrogen-bond acceptors (Lipinski definition) is 3. The maximum atomic E-state index is 12.8. The number of likely N-dealkylation sites (N-methyl/N-ethyl adjacent to an activating group) is 1. The summed E-state index contributed by atoms with van der Waals surface area (Å²) in [6.45, 7) is 6.65. The van der Waals surface area contributed by atoms with E-state index in [4.69, 9.17) is 5.73 Å². The van der Waals surface area contributed by atoms with Crippen LogP contribution in [0.5, 0.6) is 0 Å². The number of likely N-dealkylation sites (tertiary alicyclic amines) is 1. The third-order valence-corrected chi connectivity index (χ3v) is 4.67. The van der Waals surface area contributed by atoms with Gasteiger partial charge in [-0.05, 0) is 38.8 Å². The number of nitrogens with zero attached hydrogens (tertiary/aromatic N) is 2. The van der Waals surface area contributed by atoms with Crippen LogP contribution in [0.15, 0.2) is 30.3 Å². The predicted octanol–water partition coefficient (Wildman–Crippen LogP) is 1.62. The summed E-state index contributed by atoms with van der Waals surface area (Å²) in [7, 11) is 0. The molecule has 0 unspecified atom stereocenters. The maximum Gasteiger partial charge on any atom is 0.239 e. The summed E-state index contributed by atoms with van der Waals surface area (Å²) >= 11 is 0. The number of carbonyl (C=O) groups is 2. The van der Waals surface area contributed by atoms with E-state index in [1.807, 2.05) is 49.1 Å². The molecule has 0 aliphatic carbocycles. The summed E-state index contributed by atoms with van der Waals surface area (Å²) in [6, 6.07) is 9.79. The zero-order valence-corrected chi connectivity index (χ0v) is 14.1. The zero-order chi connectivity index (χ0) is 16.8. The first-order valence-corrected chi connectivity index (χ1v) is 8.39. The van der Waals surface area contributed by atoms with Gasteiger partial charge in [-0.1, -0.05) is 30.3 Å². The van der Waals surface area contributed by atoms with Gasteiger partial charge in [0.15, 0.2) is 0 Å². The van der Waals surface area contributed by atoms with E-state index in [2.05, 4.69) is 4.90 Å². The normalized spacial score (nSPS) is 20.0. The Morgan fingerprint density at radius 3 is 2.65 bits per heavy atom. The summed E-state index contributed by atoms with van der Waals surface area (Å²) in [5.74, 6) is -0.282. The van der Waals surface area contributed by atoms with E-state index in [1.165, 1.54) is 0 Å². The molecule has 1 aromatic carbocycles. The highest BCUT2D eigenvalue weighted by molar-refractivity contribution is 5.82. The fraction of sp³-hybridized carbons (Fsp3) is 0.556. The van der Waals surface area contributed by atoms with Gasteiger partial charge in [0, 0.05) is 19.6 Å². The lowest BCUT2D eigenvalue weighted by Gasteiger charge is -2.37. The van der Waals surface area contributed by atoms with Gasteiger partial charge in [-0.25, -0.2) is 0 Å². The van der Waals surface area contributed by atoms with Gasteiger partial charge in [0.25, 0.3) is 0 Å². The molecule has 5 heteroatoms. The number of carbonyl (C=O) groups excluding carboxylic acids is 2. The molecule has 1 aliphatic heterocycles. The first kappa shape index (κ1) is 17.5. The number of primary amides is 1. The largest absolute Gasteiger partial charge is 0.369 e. The first-order valence-electron chi connectivity index (χ1n) is 8.39. The highest BCUT2D eigenvalue weighted by Gasteiger charge is 2.31. The average molecular weight is 317 g/mol. The quantitative estimate of drug-likeness (QED) is 0.867. The lowest BCUT2D eigenvalue weighted by Crippen LogP contribution is -2.51. The molecule has 0 radical (unpaired) electrons. The number of rotatable bonds is 6. The van der Waals surface area contributed by atoms with Crippen molar-refractivity contribution in [3.05, 3.63) is 35.9 Å². The summed E-state index contributed by atoms with van der Waals surface area (Å²) in [6.07, 6.45) is 1.74. The van der Waals surface area contributed by atoms with Crippen LogP contribution in [0.2, 0.25) is 0 Å². The van der Waals surface area contributed by atoms with Gasteiger partial charge in [-0.2, -0.15) is 0 Å². The van der Waals surface area contributed by atoms with Gasteiger partial charge in [-0.15, -0.1) is 0 Å². The van der Waals surface area contributed by atoms with Crippen LogP contribution in [-0.4, -0.2) is 47.3 Å². The molecule has 126 valence electrons. The fourth-order valence-electron chi connectivity index (χ4n) is 3.16. The van der Waals surface area contributed by atoms with Crippen molar-refractivity contribution in [2.45, 2.75) is 39.3 Å². The van der Waals surface area contributed by atoms with Gasteiger partial charge < -0.3 is 10.6 Å². The van der Waals surface area contributed by atoms with Crippen LogP contribution in [-0.2, 0) is 16.1 Å². The summed E-state index contributed by atoms with van der Waals surface area (Å²) in [5, 5.41) is 0. The summed E-state index contributed by atoms with van der Waals surface area (Å²) < 4.78 is 0. The van der Waals surface area contributed by atoms with Crippen molar-refractivity contribution >= 4 is 11.8 Å². The molecule has 1 heterocycles. The third-order valence-electron chi connectivity index (χ3n) is 4.67. The highest BCUT2D eigenvalue weighted by atomic mass is 16.2. The van der Waals surface area contributed by atoms with Crippen molar-refractivity contribution in [2.24, 2.45) is 11.7 Å². The minimum absolute atomic E-state index is 0.112. The van der Waals surface area contributed by atoms with Gasteiger partial charge in [0.2, 0.25) is 11.8 Å². The Kier molecular flexibility index (Phi) is 6.16. The molecule has 1 fully saturated rings. The molecule has 0 saturated carbocycles. The number of benzene rings is 1. The third kappa shape index (κ3) is 4.55. The van der Waals surface area contributed by atoms with Crippen molar-refractivity contribution in [3.8, 4) is 0 Å². The van der Waals surface area contributed by atoms with Gasteiger partial charge >= 0.3 is 0 Å². The summed E-state index contributed by atoms with van der Waals surface area (Å²) in [4.78, 5) is 28.2. The fourth-order valence-corrected chi connectivity index (χ4v) is 3.16.